The van der Waals surface area contributed by atoms with Gasteiger partial charge in [0.05, 0.1) is 6.54 Å². The third kappa shape index (κ3) is 7.15. The average Bonchev–Trinajstić information content (AvgIpc) is 2.68. The minimum Gasteiger partial charge on any atom is -0.356 e. The number of carbonyl (C=O) groups excluding carboxylic acids is 1. The Bertz CT molecular complexity index is 669. The topological polar surface area (TPSA) is 35.6 Å². The summed E-state index contributed by atoms with van der Waals surface area (Å²) in [6, 6.07) is 7.89. The van der Waals surface area contributed by atoms with Gasteiger partial charge in [0.2, 0.25) is 5.91 Å². The molecule has 4 nitrogen and oxygen atoms in total. The summed E-state index contributed by atoms with van der Waals surface area (Å²) in [5.41, 5.74) is 1.14. The molecule has 0 saturated carbocycles. The molecule has 1 aromatic rings. The van der Waals surface area contributed by atoms with Crippen LogP contribution in [0.5, 0.6) is 0 Å². The van der Waals surface area contributed by atoms with Gasteiger partial charge in [-0.2, -0.15) is 13.2 Å². The second-order valence-electron chi connectivity index (χ2n) is 8.22. The summed E-state index contributed by atoms with van der Waals surface area (Å²) in [5.74, 6) is 0.279. The minimum atomic E-state index is -4.17. The maximum absolute atomic E-state index is 12.5. The van der Waals surface area contributed by atoms with E-state index in [2.05, 4.69) is 16.3 Å². The number of halogens is 4. The number of amides is 1. The minimum absolute atomic E-state index is 0.00449. The Morgan fingerprint density at radius 1 is 1.03 bits per heavy atom. The van der Waals surface area contributed by atoms with Gasteiger partial charge in [0.15, 0.2) is 0 Å². The van der Waals surface area contributed by atoms with E-state index in [0.29, 0.717) is 38.4 Å². The Morgan fingerprint density at radius 3 is 2.28 bits per heavy atom. The highest BCUT2D eigenvalue weighted by Gasteiger charge is 2.34. The van der Waals surface area contributed by atoms with Gasteiger partial charge in [0.1, 0.15) is 0 Å². The third-order valence-corrected chi connectivity index (χ3v) is 6.35. The molecule has 1 amide bonds. The van der Waals surface area contributed by atoms with E-state index in [1.165, 1.54) is 4.90 Å². The maximum atomic E-state index is 12.5. The molecule has 0 aromatic heterocycles. The molecule has 0 bridgehead atoms. The Balaban J connectivity index is 1.33. The molecule has 0 atom stereocenters. The summed E-state index contributed by atoms with van der Waals surface area (Å²) in [6.45, 7) is 3.23. The molecule has 29 heavy (non-hydrogen) atoms. The summed E-state index contributed by atoms with van der Waals surface area (Å²) in [4.78, 5) is 16.2. The first-order chi connectivity index (χ1) is 13.8. The van der Waals surface area contributed by atoms with Crippen molar-refractivity contribution in [3.05, 3.63) is 34.9 Å². The lowest BCUT2D eigenvalue weighted by Crippen LogP contribution is -2.45. The Morgan fingerprint density at radius 2 is 1.66 bits per heavy atom. The molecule has 2 aliphatic heterocycles. The van der Waals surface area contributed by atoms with Crippen molar-refractivity contribution >= 4 is 17.5 Å². The van der Waals surface area contributed by atoms with Crippen LogP contribution in [0.25, 0.3) is 0 Å². The number of piperidine rings is 2. The van der Waals surface area contributed by atoms with Gasteiger partial charge in [0, 0.05) is 24.0 Å². The number of nitrogens with zero attached hydrogens (tertiary/aromatic N) is 2. The zero-order chi connectivity index (χ0) is 20.9. The van der Waals surface area contributed by atoms with Gasteiger partial charge < -0.3 is 5.32 Å². The first kappa shape index (κ1) is 22.4. The van der Waals surface area contributed by atoms with Crippen molar-refractivity contribution in [3.63, 3.8) is 0 Å². The molecular formula is C21H29ClF3N3O. The number of hydrogen-bond acceptors (Lipinski definition) is 3. The van der Waals surface area contributed by atoms with Crippen molar-refractivity contribution in [2.45, 2.75) is 38.4 Å². The van der Waals surface area contributed by atoms with Crippen molar-refractivity contribution in [1.29, 1.82) is 0 Å². The van der Waals surface area contributed by atoms with Crippen molar-refractivity contribution in [3.8, 4) is 0 Å². The lowest BCUT2D eigenvalue weighted by Gasteiger charge is -2.33. The number of benzene rings is 1. The summed E-state index contributed by atoms with van der Waals surface area (Å²) in [6.07, 6.45) is -1.13. The summed E-state index contributed by atoms with van der Waals surface area (Å²) in [7, 11) is 0. The van der Waals surface area contributed by atoms with Gasteiger partial charge in [-0.1, -0.05) is 29.8 Å². The van der Waals surface area contributed by atoms with E-state index in [1.807, 2.05) is 18.2 Å². The lowest BCUT2D eigenvalue weighted by molar-refractivity contribution is -0.149. The van der Waals surface area contributed by atoms with E-state index in [-0.39, 0.29) is 11.8 Å². The van der Waals surface area contributed by atoms with Crippen LogP contribution in [-0.4, -0.2) is 61.2 Å². The largest absolute Gasteiger partial charge is 0.401 e. The monoisotopic (exact) mass is 431 g/mol. The highest BCUT2D eigenvalue weighted by Crippen LogP contribution is 2.24. The van der Waals surface area contributed by atoms with Crippen molar-refractivity contribution in [2.75, 3.05) is 39.3 Å². The zero-order valence-corrected chi connectivity index (χ0v) is 17.3. The highest BCUT2D eigenvalue weighted by molar-refractivity contribution is 6.31. The third-order valence-electron chi connectivity index (χ3n) is 5.99. The molecule has 2 fully saturated rings. The van der Waals surface area contributed by atoms with Crippen LogP contribution in [0.15, 0.2) is 24.3 Å². The molecule has 2 saturated heterocycles. The second-order valence-corrected chi connectivity index (χ2v) is 8.63. The molecule has 0 aliphatic carbocycles. The van der Waals surface area contributed by atoms with E-state index in [0.717, 1.165) is 43.1 Å². The zero-order valence-electron chi connectivity index (χ0n) is 16.6. The number of hydrogen-bond donors (Lipinski definition) is 1. The Hall–Kier alpha value is -1.31. The number of rotatable bonds is 6. The van der Waals surface area contributed by atoms with Crippen LogP contribution in [-0.2, 0) is 11.3 Å². The van der Waals surface area contributed by atoms with Crippen LogP contribution in [0, 0.1) is 11.8 Å². The summed E-state index contributed by atoms with van der Waals surface area (Å²) >= 11 is 6.24. The predicted octanol–water partition coefficient (Wildman–Crippen LogP) is 3.94. The van der Waals surface area contributed by atoms with Crippen LogP contribution in [0.2, 0.25) is 5.02 Å². The molecule has 0 radical (unpaired) electrons. The molecule has 3 rings (SSSR count). The average molecular weight is 432 g/mol. The molecular weight excluding hydrogens is 403 g/mol. The van der Waals surface area contributed by atoms with Gasteiger partial charge in [0.25, 0.3) is 0 Å². The van der Waals surface area contributed by atoms with E-state index in [1.54, 1.807) is 0 Å². The maximum Gasteiger partial charge on any atom is 0.401 e. The van der Waals surface area contributed by atoms with Gasteiger partial charge >= 0.3 is 6.18 Å². The second kappa shape index (κ2) is 10.1. The first-order valence-electron chi connectivity index (χ1n) is 10.3. The molecule has 1 N–H and O–H groups in total. The molecule has 0 unspecified atom stereocenters. The number of alkyl halides is 3. The van der Waals surface area contributed by atoms with Crippen LogP contribution >= 0.6 is 11.6 Å². The molecule has 0 spiro atoms. The van der Waals surface area contributed by atoms with Gasteiger partial charge in [-0.25, -0.2) is 0 Å². The molecule has 1 aromatic carbocycles. The van der Waals surface area contributed by atoms with Gasteiger partial charge in [-0.05, 0) is 69.4 Å². The molecule has 162 valence electrons. The quantitative estimate of drug-likeness (QED) is 0.741. The van der Waals surface area contributed by atoms with Gasteiger partial charge in [-0.15, -0.1) is 0 Å². The summed E-state index contributed by atoms with van der Waals surface area (Å²) < 4.78 is 37.4. The fraction of sp³-hybridized carbons (Fsp3) is 0.667. The standard InChI is InChI=1S/C21H29ClF3N3O/c22-19-4-2-1-3-18(19)14-27-9-5-16(6-10-27)13-26-20(29)17-7-11-28(12-8-17)15-21(23,24)25/h1-4,16-17H,5-15H2,(H,26,29). The first-order valence-corrected chi connectivity index (χ1v) is 10.7. The highest BCUT2D eigenvalue weighted by atomic mass is 35.5. The van der Waals surface area contributed by atoms with Crippen molar-refractivity contribution in [2.24, 2.45) is 11.8 Å². The smallest absolute Gasteiger partial charge is 0.356 e. The number of carbonyl (C=O) groups is 1. The van der Waals surface area contributed by atoms with Crippen molar-refractivity contribution in [1.82, 2.24) is 15.1 Å². The van der Waals surface area contributed by atoms with Crippen LogP contribution in [0.3, 0.4) is 0 Å². The number of nitrogens with one attached hydrogen (secondary N) is 1. The molecule has 8 heteroatoms. The Kier molecular flexibility index (Phi) is 7.82. The van der Waals surface area contributed by atoms with E-state index in [9.17, 15) is 18.0 Å². The molecule has 2 aliphatic rings. The van der Waals surface area contributed by atoms with Crippen LogP contribution in [0.1, 0.15) is 31.2 Å². The number of likely N-dealkylation sites (tertiary alicyclic amines) is 2. The normalized spacial score (nSPS) is 20.7. The van der Waals surface area contributed by atoms with E-state index in [4.69, 9.17) is 11.6 Å². The Labute approximate surface area is 175 Å². The van der Waals surface area contributed by atoms with Crippen molar-refractivity contribution < 1.29 is 18.0 Å². The summed E-state index contributed by atoms with van der Waals surface area (Å²) in [5, 5.41) is 3.83. The fourth-order valence-electron chi connectivity index (χ4n) is 4.21. The van der Waals surface area contributed by atoms with E-state index >= 15 is 0 Å². The van der Waals surface area contributed by atoms with Crippen LogP contribution in [0.4, 0.5) is 13.2 Å². The van der Waals surface area contributed by atoms with Gasteiger partial charge in [-0.3, -0.25) is 14.6 Å². The SMILES string of the molecule is O=C(NCC1CCN(Cc2ccccc2Cl)CC1)C1CCN(CC(F)(F)F)CC1. The van der Waals surface area contributed by atoms with E-state index < -0.39 is 12.7 Å². The lowest BCUT2D eigenvalue weighted by atomic mass is 9.94. The van der Waals surface area contributed by atoms with Crippen LogP contribution < -0.4 is 5.32 Å². The molecule has 2 heterocycles. The predicted molar refractivity (Wildman–Crippen MR) is 108 cm³/mol. The fourth-order valence-corrected chi connectivity index (χ4v) is 4.41.